The molecule has 3 N–H and O–H groups in total. The molecule has 98 heavy (non-hydrogen) atoms. The van der Waals surface area contributed by atoms with Gasteiger partial charge in [-0.25, -0.2) is 27.8 Å². The third kappa shape index (κ3) is 16.2. The molecule has 5 fully saturated rings. The van der Waals surface area contributed by atoms with Gasteiger partial charge in [-0.1, -0.05) is 46.4 Å². The van der Waals surface area contributed by atoms with E-state index >= 15 is 0 Å². The fourth-order valence-corrected chi connectivity index (χ4v) is 21.1. The number of nitrogens with zero attached hydrogens (tertiary/aromatic N) is 9. The summed E-state index contributed by atoms with van der Waals surface area (Å²) in [6.45, 7) is 5.01. The molecule has 3 aromatic heterocycles. The number of hydrogen-bond donors (Lipinski definition) is 3. The Bertz CT molecular complexity index is 4390. The molecular weight excluding hydrogens is 1480 g/mol. The van der Waals surface area contributed by atoms with Gasteiger partial charge >= 0.3 is 0 Å². The van der Waals surface area contributed by atoms with Crippen LogP contribution in [0.5, 0.6) is 0 Å². The van der Waals surface area contributed by atoms with E-state index in [4.69, 9.17) is 46.4 Å². The molecule has 5 aliphatic rings. The van der Waals surface area contributed by atoms with Crippen LogP contribution >= 0.6 is 80.4 Å². The number of sulfonamides is 2. The lowest BCUT2D eigenvalue weighted by atomic mass is 9.98. The van der Waals surface area contributed by atoms with Crippen LogP contribution in [0.4, 0.5) is 36.8 Å². The maximum Gasteiger partial charge on any atom is 0.279 e. The summed E-state index contributed by atoms with van der Waals surface area (Å²) in [5, 5.41) is 18.2. The normalized spacial score (nSPS) is 20.4. The lowest BCUT2D eigenvalue weighted by Gasteiger charge is -2.23. The number of carbonyl (C=O) groups is 3. The van der Waals surface area contributed by atoms with Crippen LogP contribution < -0.4 is 27.9 Å². The Morgan fingerprint density at radius 3 is 1.24 bits per heavy atom. The van der Waals surface area contributed by atoms with Crippen LogP contribution in [0.25, 0.3) is 0 Å². The Morgan fingerprint density at radius 1 is 0.490 bits per heavy atom. The van der Waals surface area contributed by atoms with Crippen LogP contribution in [0.3, 0.4) is 0 Å². The first-order chi connectivity index (χ1) is 47.1. The standard InChI is InChI=1S/2C23H22Cl2N4O2S2.C19H16FN3O6S3/c2*24-17-11-16(12-18(25)13-17)15-5-8-28(14-15)21-6-9-29(22(21)30)19-1-3-20(4-2-19)33(31)27-23-26-7-10-32-23;20-13-1-5-15(6-2-13)31(26,27)23(19-21-10-12-30-19)32(28,29)16-7-3-14(4-8-16)22-11-9-17(24)18(22)25/h2*1-4,7,10-13,15,21H,5-6,8-9,14H2,(H,26,27);1-8,10,12,17,24H,9,11H2/t15-,21+,33?;15-,21-,33?;17-/m101/s1. The van der Waals surface area contributed by atoms with Crippen LogP contribution in [-0.2, 0) is 56.4 Å². The zero-order chi connectivity index (χ0) is 69.0. The maximum atomic E-state index is 13.4. The minimum atomic E-state index is -4.66. The van der Waals surface area contributed by atoms with Crippen molar-refractivity contribution in [3.05, 3.63) is 205 Å². The van der Waals surface area contributed by atoms with Crippen molar-refractivity contribution in [1.29, 1.82) is 0 Å². The van der Waals surface area contributed by atoms with Crippen molar-refractivity contribution in [3.8, 4) is 0 Å². The average Bonchev–Trinajstić information content (AvgIpc) is 0.893. The van der Waals surface area contributed by atoms with Gasteiger partial charge in [0, 0.05) is 111 Å². The van der Waals surface area contributed by atoms with Gasteiger partial charge in [0.2, 0.25) is 16.9 Å². The third-order valence-electron chi connectivity index (χ3n) is 17.1. The second kappa shape index (κ2) is 31.0. The second-order valence-electron chi connectivity index (χ2n) is 23.1. The number of anilines is 6. The molecule has 21 nitrogen and oxygen atoms in total. The molecule has 9 aromatic rings. The van der Waals surface area contributed by atoms with Gasteiger partial charge in [0.15, 0.2) is 32.2 Å². The number of thiazole rings is 3. The van der Waals surface area contributed by atoms with E-state index in [1.54, 1.807) is 48.8 Å². The molecule has 0 bridgehead atoms. The van der Waals surface area contributed by atoms with E-state index in [9.17, 15) is 49.1 Å². The van der Waals surface area contributed by atoms with Crippen molar-refractivity contribution < 1.29 is 49.1 Å². The number of aromatic nitrogens is 3. The molecule has 6 aromatic carbocycles. The molecule has 0 aliphatic carbocycles. The molecular formula is C65H60Cl4FN11O10S7. The van der Waals surface area contributed by atoms with Crippen molar-refractivity contribution in [3.63, 3.8) is 0 Å². The van der Waals surface area contributed by atoms with Gasteiger partial charge in [-0.2, -0.15) is 16.8 Å². The summed E-state index contributed by atoms with van der Waals surface area (Å²) in [6.07, 6.45) is 7.27. The molecule has 0 radical (unpaired) electrons. The minimum absolute atomic E-state index is 0.120. The summed E-state index contributed by atoms with van der Waals surface area (Å²) in [5.41, 5.74) is 4.29. The Labute approximate surface area is 602 Å². The summed E-state index contributed by atoms with van der Waals surface area (Å²) in [7, 11) is -12.1. The van der Waals surface area contributed by atoms with E-state index in [0.29, 0.717) is 70.8 Å². The molecule has 7 atom stereocenters. The fraction of sp³-hybridized carbons (Fsp3) is 0.262. The van der Waals surface area contributed by atoms with Gasteiger partial charge in [0.1, 0.15) is 11.9 Å². The van der Waals surface area contributed by atoms with E-state index in [1.807, 2.05) is 69.1 Å². The highest BCUT2D eigenvalue weighted by Crippen LogP contribution is 2.39. The number of rotatable bonds is 18. The highest BCUT2D eigenvalue weighted by molar-refractivity contribution is 8.10. The van der Waals surface area contributed by atoms with Crippen molar-refractivity contribution in [2.75, 3.05) is 73.7 Å². The van der Waals surface area contributed by atoms with E-state index in [-0.39, 0.29) is 50.6 Å². The lowest BCUT2D eigenvalue weighted by molar-refractivity contribution is -0.124. The number of likely N-dealkylation sites (tertiary alicyclic amines) is 2. The Morgan fingerprint density at radius 2 is 0.867 bits per heavy atom. The molecule has 0 spiro atoms. The zero-order valence-corrected chi connectivity index (χ0v) is 60.2. The van der Waals surface area contributed by atoms with E-state index in [1.165, 1.54) is 63.4 Å². The fourth-order valence-electron chi connectivity index (χ4n) is 12.3. The summed E-state index contributed by atoms with van der Waals surface area (Å²) >= 11 is 28.3. The van der Waals surface area contributed by atoms with Crippen LogP contribution in [0.15, 0.2) is 188 Å². The van der Waals surface area contributed by atoms with Crippen molar-refractivity contribution in [2.45, 2.75) is 81.7 Å². The molecule has 0 saturated carbocycles. The van der Waals surface area contributed by atoms with E-state index in [2.05, 4.69) is 34.2 Å². The second-order valence-corrected chi connectivity index (χ2v) is 33.8. The molecule has 33 heteroatoms. The number of amides is 3. The largest absolute Gasteiger partial charge is 0.383 e. The molecule has 14 rings (SSSR count). The lowest BCUT2D eigenvalue weighted by Crippen LogP contribution is -2.40. The quantitative estimate of drug-likeness (QED) is 0.0722. The highest BCUT2D eigenvalue weighted by atomic mass is 35.5. The van der Waals surface area contributed by atoms with Crippen molar-refractivity contribution in [2.24, 2.45) is 0 Å². The van der Waals surface area contributed by atoms with E-state index < -0.39 is 64.7 Å². The number of benzene rings is 6. The van der Waals surface area contributed by atoms with E-state index in [0.717, 1.165) is 110 Å². The highest BCUT2D eigenvalue weighted by Gasteiger charge is 2.43. The Kier molecular flexibility index (Phi) is 22.5. The smallest absolute Gasteiger partial charge is 0.279 e. The van der Waals surface area contributed by atoms with Crippen LogP contribution in [-0.4, -0.2) is 137 Å². The first kappa shape index (κ1) is 71.0. The molecule has 2 unspecified atom stereocenters. The molecule has 5 saturated heterocycles. The van der Waals surface area contributed by atoms with Gasteiger partial charge in [-0.15, -0.1) is 37.7 Å². The van der Waals surface area contributed by atoms with Crippen LogP contribution in [0, 0.1) is 5.82 Å². The van der Waals surface area contributed by atoms with Gasteiger partial charge in [0.05, 0.1) is 31.7 Å². The zero-order valence-electron chi connectivity index (χ0n) is 51.4. The van der Waals surface area contributed by atoms with Gasteiger partial charge in [0.25, 0.3) is 26.0 Å². The number of carbonyl (C=O) groups excluding carboxylic acids is 3. The van der Waals surface area contributed by atoms with Crippen molar-refractivity contribution >= 4 is 173 Å². The predicted octanol–water partition coefficient (Wildman–Crippen LogP) is 12.3. The third-order valence-corrected chi connectivity index (χ3v) is 26.9. The average molecular weight is 1540 g/mol. The number of nitrogens with one attached hydrogen (secondary N) is 2. The van der Waals surface area contributed by atoms with Crippen molar-refractivity contribution in [1.82, 2.24) is 24.8 Å². The molecule has 3 amide bonds. The summed E-state index contributed by atoms with van der Waals surface area (Å²) in [4.78, 5) is 60.5. The SMILES string of the molecule is O=C1[C@@H](N2CC[C@@H](c3cc(Cl)cc(Cl)c3)C2)CCN1c1ccc(S(=O)Nc2nccs2)cc1.O=C1[C@@H](N2CC[C@H](c3cc(Cl)cc(Cl)c3)C2)CCN1c1ccc(S(=O)Nc2nccs2)cc1.O=C1[C@H](O)CCN1c1ccc(S(=O)(=O)N(c2nccs2)S(=O)(=O)c2ccc(F)cc2)cc1. The monoisotopic (exact) mass is 1540 g/mol. The molecule has 5 aliphatic heterocycles. The van der Waals surface area contributed by atoms with Crippen LogP contribution in [0.1, 0.15) is 55.1 Å². The summed E-state index contributed by atoms with van der Waals surface area (Å²) in [6, 6.07) is 34.5. The topological polar surface area (TPSA) is 256 Å². The first-order valence-electron chi connectivity index (χ1n) is 30.5. The number of aliphatic hydroxyl groups excluding tert-OH is 1. The van der Waals surface area contributed by atoms with Gasteiger partial charge in [-0.05, 0) is 195 Å². The number of hydrogen-bond acceptors (Lipinski definition) is 18. The van der Waals surface area contributed by atoms with Gasteiger partial charge in [-0.3, -0.25) is 33.6 Å². The maximum absolute atomic E-state index is 13.4. The Hall–Kier alpha value is -6.81. The summed E-state index contributed by atoms with van der Waals surface area (Å²) < 4.78 is 97.5. The molecule has 512 valence electrons. The Balaban J connectivity index is 0.000000140. The first-order valence-corrected chi connectivity index (χ1v) is 39.8. The number of aliphatic hydroxyl groups is 1. The summed E-state index contributed by atoms with van der Waals surface area (Å²) in [5.74, 6) is -0.289. The van der Waals surface area contributed by atoms with Gasteiger partial charge < -0.3 is 19.8 Å². The molecule has 8 heterocycles. The van der Waals surface area contributed by atoms with Crippen LogP contribution in [0.2, 0.25) is 20.1 Å². The predicted molar refractivity (Wildman–Crippen MR) is 384 cm³/mol. The minimum Gasteiger partial charge on any atom is -0.383 e. The number of halogens is 5.